The van der Waals surface area contributed by atoms with Crippen molar-refractivity contribution >= 4 is 16.8 Å². The van der Waals surface area contributed by atoms with Gasteiger partial charge in [0.1, 0.15) is 11.5 Å². The molecular weight excluding hydrogens is 328 g/mol. The van der Waals surface area contributed by atoms with Crippen LogP contribution in [0.3, 0.4) is 0 Å². The standard InChI is InChI=1S/C21H24N2O3/c1-25-18-9-10-20-19(14-18)16(15-23-20)11-12-22-21(24)8-5-13-26-17-6-3-2-4-7-17/h2-4,6-7,9-10,14-15,23H,5,8,11-13H2,1H3,(H,22,24). The van der Waals surface area contributed by atoms with Gasteiger partial charge in [-0.1, -0.05) is 18.2 Å². The molecule has 0 saturated carbocycles. The smallest absolute Gasteiger partial charge is 0.220 e. The molecule has 0 radical (unpaired) electrons. The van der Waals surface area contributed by atoms with Crippen molar-refractivity contribution in [1.82, 2.24) is 10.3 Å². The third-order valence-corrected chi connectivity index (χ3v) is 4.25. The van der Waals surface area contributed by atoms with Crippen molar-refractivity contribution in [2.45, 2.75) is 19.3 Å². The first-order chi connectivity index (χ1) is 12.8. The lowest BCUT2D eigenvalue weighted by Gasteiger charge is -2.07. The quantitative estimate of drug-likeness (QED) is 0.577. The summed E-state index contributed by atoms with van der Waals surface area (Å²) in [5.74, 6) is 1.72. The molecule has 5 heteroatoms. The fourth-order valence-corrected chi connectivity index (χ4v) is 2.86. The van der Waals surface area contributed by atoms with E-state index in [-0.39, 0.29) is 5.91 Å². The number of rotatable bonds is 9. The fraction of sp³-hybridized carbons (Fsp3) is 0.286. The Morgan fingerprint density at radius 2 is 1.96 bits per heavy atom. The largest absolute Gasteiger partial charge is 0.497 e. The van der Waals surface area contributed by atoms with E-state index in [4.69, 9.17) is 9.47 Å². The second kappa shape index (κ2) is 8.94. The maximum Gasteiger partial charge on any atom is 0.220 e. The Morgan fingerprint density at radius 3 is 2.77 bits per heavy atom. The van der Waals surface area contributed by atoms with E-state index in [9.17, 15) is 4.79 Å². The molecule has 2 aromatic carbocycles. The number of hydrogen-bond donors (Lipinski definition) is 2. The first kappa shape index (κ1) is 17.9. The minimum absolute atomic E-state index is 0.0547. The molecule has 3 rings (SSSR count). The Hall–Kier alpha value is -2.95. The second-order valence-electron chi connectivity index (χ2n) is 6.09. The predicted octanol–water partition coefficient (Wildman–Crippen LogP) is 3.69. The molecule has 1 amide bonds. The molecule has 0 bridgehead atoms. The van der Waals surface area contributed by atoms with Crippen molar-refractivity contribution in [2.24, 2.45) is 0 Å². The van der Waals surface area contributed by atoms with Crippen molar-refractivity contribution in [2.75, 3.05) is 20.3 Å². The summed E-state index contributed by atoms with van der Waals surface area (Å²) in [5.41, 5.74) is 2.25. The number of hydrogen-bond acceptors (Lipinski definition) is 3. The van der Waals surface area contributed by atoms with Crippen LogP contribution in [0.15, 0.2) is 54.7 Å². The second-order valence-corrected chi connectivity index (χ2v) is 6.09. The molecular formula is C21H24N2O3. The van der Waals surface area contributed by atoms with Crippen LogP contribution in [0.5, 0.6) is 11.5 Å². The first-order valence-electron chi connectivity index (χ1n) is 8.85. The summed E-state index contributed by atoms with van der Waals surface area (Å²) in [4.78, 5) is 15.2. The molecule has 2 N–H and O–H groups in total. The lowest BCUT2D eigenvalue weighted by Crippen LogP contribution is -2.25. The van der Waals surface area contributed by atoms with Gasteiger partial charge < -0.3 is 19.8 Å². The van der Waals surface area contributed by atoms with Crippen molar-refractivity contribution in [3.63, 3.8) is 0 Å². The van der Waals surface area contributed by atoms with Crippen LogP contribution in [0.25, 0.3) is 10.9 Å². The molecule has 26 heavy (non-hydrogen) atoms. The predicted molar refractivity (Wildman–Crippen MR) is 103 cm³/mol. The molecule has 0 saturated heterocycles. The summed E-state index contributed by atoms with van der Waals surface area (Å²) in [7, 11) is 1.66. The molecule has 1 heterocycles. The Kier molecular flexibility index (Phi) is 6.14. The molecule has 5 nitrogen and oxygen atoms in total. The SMILES string of the molecule is COc1ccc2[nH]cc(CCNC(=O)CCCOc3ccccc3)c2c1. The Balaban J connectivity index is 1.38. The minimum Gasteiger partial charge on any atom is -0.497 e. The molecule has 0 atom stereocenters. The third-order valence-electron chi connectivity index (χ3n) is 4.25. The molecule has 0 aliphatic carbocycles. The van der Waals surface area contributed by atoms with Crippen LogP contribution in [0.4, 0.5) is 0 Å². The van der Waals surface area contributed by atoms with Gasteiger partial charge >= 0.3 is 0 Å². The molecule has 0 aliphatic heterocycles. The summed E-state index contributed by atoms with van der Waals surface area (Å²) in [6.45, 7) is 1.15. The molecule has 1 aromatic heterocycles. The molecule has 0 unspecified atom stereocenters. The van der Waals surface area contributed by atoms with Crippen molar-refractivity contribution in [3.8, 4) is 11.5 Å². The molecule has 136 valence electrons. The number of benzene rings is 2. The number of para-hydroxylation sites is 1. The van der Waals surface area contributed by atoms with E-state index < -0.39 is 0 Å². The summed E-state index contributed by atoms with van der Waals surface area (Å²) in [6.07, 6.45) is 3.93. The van der Waals surface area contributed by atoms with Crippen molar-refractivity contribution in [3.05, 3.63) is 60.3 Å². The van der Waals surface area contributed by atoms with E-state index in [1.807, 2.05) is 54.7 Å². The number of aromatic nitrogens is 1. The van der Waals surface area contributed by atoms with E-state index in [1.54, 1.807) is 7.11 Å². The monoisotopic (exact) mass is 352 g/mol. The number of carbonyl (C=O) groups excluding carboxylic acids is 1. The van der Waals surface area contributed by atoms with Crippen molar-refractivity contribution in [1.29, 1.82) is 0 Å². The zero-order chi connectivity index (χ0) is 18.2. The van der Waals surface area contributed by atoms with Gasteiger partial charge in [-0.3, -0.25) is 4.79 Å². The Labute approximate surface area is 153 Å². The summed E-state index contributed by atoms with van der Waals surface area (Å²) < 4.78 is 10.9. The highest BCUT2D eigenvalue weighted by Crippen LogP contribution is 2.23. The van der Waals surface area contributed by atoms with Gasteiger partial charge in [0.25, 0.3) is 0 Å². The number of aromatic amines is 1. The van der Waals surface area contributed by atoms with E-state index >= 15 is 0 Å². The molecule has 0 spiro atoms. The van der Waals surface area contributed by atoms with Gasteiger partial charge in [0.05, 0.1) is 13.7 Å². The highest BCUT2D eigenvalue weighted by molar-refractivity contribution is 5.84. The number of amides is 1. The van der Waals surface area contributed by atoms with E-state index in [0.29, 0.717) is 26.0 Å². The summed E-state index contributed by atoms with van der Waals surface area (Å²) >= 11 is 0. The Morgan fingerprint density at radius 1 is 1.12 bits per heavy atom. The molecule has 3 aromatic rings. The molecule has 0 fully saturated rings. The van der Waals surface area contributed by atoms with Crippen LogP contribution in [-0.2, 0) is 11.2 Å². The summed E-state index contributed by atoms with van der Waals surface area (Å²) in [6, 6.07) is 15.6. The van der Waals surface area contributed by atoms with Crippen LogP contribution in [-0.4, -0.2) is 31.2 Å². The van der Waals surface area contributed by atoms with Gasteiger partial charge in [0.2, 0.25) is 5.91 Å². The average Bonchev–Trinajstić information content (AvgIpc) is 3.08. The van der Waals surface area contributed by atoms with Gasteiger partial charge in [-0.25, -0.2) is 0 Å². The van der Waals surface area contributed by atoms with E-state index in [2.05, 4.69) is 10.3 Å². The third kappa shape index (κ3) is 4.79. The van der Waals surface area contributed by atoms with Gasteiger partial charge in [-0.15, -0.1) is 0 Å². The topological polar surface area (TPSA) is 63.3 Å². The normalized spacial score (nSPS) is 10.7. The lowest BCUT2D eigenvalue weighted by atomic mass is 10.1. The van der Waals surface area contributed by atoms with E-state index in [0.717, 1.165) is 28.8 Å². The zero-order valence-corrected chi connectivity index (χ0v) is 15.0. The highest BCUT2D eigenvalue weighted by Gasteiger charge is 2.06. The van der Waals surface area contributed by atoms with Gasteiger partial charge in [0.15, 0.2) is 0 Å². The number of fused-ring (bicyclic) bond motifs is 1. The van der Waals surface area contributed by atoms with Crippen LogP contribution in [0.2, 0.25) is 0 Å². The molecule has 0 aliphatic rings. The average molecular weight is 352 g/mol. The van der Waals surface area contributed by atoms with Crippen LogP contribution in [0.1, 0.15) is 18.4 Å². The summed E-state index contributed by atoms with van der Waals surface area (Å²) in [5, 5.41) is 4.11. The number of carbonyl (C=O) groups is 1. The van der Waals surface area contributed by atoms with Crippen LogP contribution >= 0.6 is 0 Å². The zero-order valence-electron chi connectivity index (χ0n) is 15.0. The van der Waals surface area contributed by atoms with Gasteiger partial charge in [-0.2, -0.15) is 0 Å². The van der Waals surface area contributed by atoms with Crippen LogP contribution in [0, 0.1) is 0 Å². The highest BCUT2D eigenvalue weighted by atomic mass is 16.5. The van der Waals surface area contributed by atoms with Gasteiger partial charge in [0, 0.05) is 30.1 Å². The number of ether oxygens (including phenoxy) is 2. The maximum atomic E-state index is 12.0. The first-order valence-corrected chi connectivity index (χ1v) is 8.85. The lowest BCUT2D eigenvalue weighted by molar-refractivity contribution is -0.121. The van der Waals surface area contributed by atoms with E-state index in [1.165, 1.54) is 5.56 Å². The number of methoxy groups -OCH3 is 1. The van der Waals surface area contributed by atoms with Crippen LogP contribution < -0.4 is 14.8 Å². The fourth-order valence-electron chi connectivity index (χ4n) is 2.86. The maximum absolute atomic E-state index is 12.0. The number of H-pyrrole nitrogens is 1. The van der Waals surface area contributed by atoms with Gasteiger partial charge in [-0.05, 0) is 48.7 Å². The van der Waals surface area contributed by atoms with Crippen molar-refractivity contribution < 1.29 is 14.3 Å². The number of nitrogens with one attached hydrogen (secondary N) is 2. The minimum atomic E-state index is 0.0547. The Bertz CT molecular complexity index is 843.